The molecule has 0 fully saturated rings. The van der Waals surface area contributed by atoms with Gasteiger partial charge in [-0.3, -0.25) is 9.79 Å². The van der Waals surface area contributed by atoms with Crippen molar-refractivity contribution in [2.75, 3.05) is 7.11 Å². The van der Waals surface area contributed by atoms with Gasteiger partial charge in [0.25, 0.3) is 5.56 Å². The molecule has 27 heavy (non-hydrogen) atoms. The molecule has 0 spiro atoms. The minimum atomic E-state index is -0.141. The van der Waals surface area contributed by atoms with Crippen LogP contribution in [0.25, 0.3) is 17.0 Å². The molecule has 4 rings (SSSR count). The van der Waals surface area contributed by atoms with Gasteiger partial charge in [0.1, 0.15) is 11.1 Å². The van der Waals surface area contributed by atoms with E-state index < -0.39 is 0 Å². The summed E-state index contributed by atoms with van der Waals surface area (Å²) in [5.74, 6) is 1.11. The summed E-state index contributed by atoms with van der Waals surface area (Å²) >= 11 is 6.16. The van der Waals surface area contributed by atoms with Crippen LogP contribution in [0.4, 0.5) is 0 Å². The van der Waals surface area contributed by atoms with E-state index in [9.17, 15) is 4.79 Å². The van der Waals surface area contributed by atoms with Crippen molar-refractivity contribution in [3.63, 3.8) is 0 Å². The van der Waals surface area contributed by atoms with E-state index in [1.807, 2.05) is 24.3 Å². The second-order valence-electron chi connectivity index (χ2n) is 7.02. The average molecular weight is 381 g/mol. The maximum Gasteiger partial charge on any atom is 0.274 e. The number of halogens is 1. The molecule has 1 aliphatic rings. The summed E-state index contributed by atoms with van der Waals surface area (Å²) in [6.45, 7) is 2.16. The minimum absolute atomic E-state index is 0.0809. The molecule has 4 nitrogen and oxygen atoms in total. The van der Waals surface area contributed by atoms with Crippen LogP contribution in [-0.4, -0.2) is 18.1 Å². The first-order valence-corrected chi connectivity index (χ1v) is 9.47. The minimum Gasteiger partial charge on any atom is -0.497 e. The third-order valence-corrected chi connectivity index (χ3v) is 5.44. The molecule has 0 saturated carbocycles. The smallest absolute Gasteiger partial charge is 0.274 e. The molecular formula is C22H21ClN2O2. The zero-order chi connectivity index (χ0) is 19.0. The highest BCUT2D eigenvalue weighted by Crippen LogP contribution is 2.20. The Morgan fingerprint density at radius 3 is 2.70 bits per heavy atom. The zero-order valence-electron chi connectivity index (χ0n) is 15.3. The van der Waals surface area contributed by atoms with Crippen molar-refractivity contribution in [2.24, 2.45) is 10.9 Å². The summed E-state index contributed by atoms with van der Waals surface area (Å²) in [7, 11) is 1.67. The molecule has 0 aliphatic carbocycles. The number of rotatable bonds is 4. The van der Waals surface area contributed by atoms with E-state index in [0.717, 1.165) is 34.7 Å². The molecule has 5 heteroatoms. The highest BCUT2D eigenvalue weighted by Gasteiger charge is 2.19. The normalized spacial score (nSPS) is 18.5. The summed E-state index contributed by atoms with van der Waals surface area (Å²) in [4.78, 5) is 20.3. The summed E-state index contributed by atoms with van der Waals surface area (Å²) in [5.41, 5.74) is 1.89. The van der Waals surface area contributed by atoms with Crippen LogP contribution in [0.5, 0.6) is 5.75 Å². The Morgan fingerprint density at radius 2 is 1.96 bits per heavy atom. The number of fused-ring (bicyclic) bond motifs is 3. The number of hydrogen-bond donors (Lipinski definition) is 1. The van der Waals surface area contributed by atoms with Gasteiger partial charge in [0, 0.05) is 21.1 Å². The van der Waals surface area contributed by atoms with Crippen molar-refractivity contribution in [3.8, 4) is 5.75 Å². The van der Waals surface area contributed by atoms with Gasteiger partial charge in [0.15, 0.2) is 0 Å². The molecule has 138 valence electrons. The van der Waals surface area contributed by atoms with E-state index in [2.05, 4.69) is 30.1 Å². The Hall–Kier alpha value is -2.59. The van der Waals surface area contributed by atoms with Crippen LogP contribution < -0.4 is 20.9 Å². The maximum absolute atomic E-state index is 12.5. The molecule has 2 atom stereocenters. The number of hydrogen-bond acceptors (Lipinski definition) is 3. The number of H-pyrrole nitrogens is 1. The quantitative estimate of drug-likeness (QED) is 0.755. The molecule has 1 aromatic heterocycles. The number of nitrogens with one attached hydrogen (secondary N) is 1. The average Bonchev–Trinajstić information content (AvgIpc) is 2.68. The van der Waals surface area contributed by atoms with Crippen LogP contribution >= 0.6 is 11.6 Å². The van der Waals surface area contributed by atoms with Gasteiger partial charge < -0.3 is 9.72 Å². The van der Waals surface area contributed by atoms with Gasteiger partial charge in [-0.2, -0.15) is 0 Å². The fourth-order valence-electron chi connectivity index (χ4n) is 3.67. The monoisotopic (exact) mass is 380 g/mol. The van der Waals surface area contributed by atoms with Crippen molar-refractivity contribution in [1.82, 2.24) is 4.98 Å². The van der Waals surface area contributed by atoms with E-state index in [4.69, 9.17) is 21.3 Å². The largest absolute Gasteiger partial charge is 0.497 e. The summed E-state index contributed by atoms with van der Waals surface area (Å²) in [6.07, 6.45) is 3.95. The lowest BCUT2D eigenvalue weighted by molar-refractivity contribution is 0.414. The van der Waals surface area contributed by atoms with Gasteiger partial charge in [0.2, 0.25) is 0 Å². The van der Waals surface area contributed by atoms with Gasteiger partial charge in [-0.05, 0) is 54.7 Å². The predicted octanol–water partition coefficient (Wildman–Crippen LogP) is 3.24. The van der Waals surface area contributed by atoms with E-state index in [-0.39, 0.29) is 17.5 Å². The topological polar surface area (TPSA) is 54.4 Å². The van der Waals surface area contributed by atoms with Crippen LogP contribution in [0, 0.1) is 5.92 Å². The Labute approximate surface area is 162 Å². The molecule has 1 aliphatic heterocycles. The maximum atomic E-state index is 12.5. The molecule has 2 heterocycles. The lowest BCUT2D eigenvalue weighted by atomic mass is 9.92. The third kappa shape index (κ3) is 3.50. The van der Waals surface area contributed by atoms with Gasteiger partial charge in [-0.1, -0.05) is 36.7 Å². The Bertz CT molecular complexity index is 1170. The van der Waals surface area contributed by atoms with E-state index in [1.54, 1.807) is 13.2 Å². The fraction of sp³-hybridized carbons (Fsp3) is 0.273. The van der Waals surface area contributed by atoms with E-state index in [0.29, 0.717) is 10.4 Å². The number of methoxy groups -OCH3 is 1. The predicted molar refractivity (Wildman–Crippen MR) is 109 cm³/mol. The Morgan fingerprint density at radius 1 is 1.19 bits per heavy atom. The molecule has 0 amide bonds. The number of pyridine rings is 1. The van der Waals surface area contributed by atoms with Crippen LogP contribution in [0.15, 0.2) is 52.3 Å². The molecule has 0 bridgehead atoms. The fourth-order valence-corrected chi connectivity index (χ4v) is 3.84. The highest BCUT2D eigenvalue weighted by atomic mass is 35.5. The molecule has 0 saturated heterocycles. The standard InChI is InChI=1S/C22H21ClN2O2/c1-13-11-18-17-12-15(23)6-10-20(17)25-22(26)21(18)24-19(13)9-5-14-3-7-16(27-2)8-4-14/h3-4,6-8,10-13,19H,5,9H2,1-2H3,(H,25,26). The molecule has 0 radical (unpaired) electrons. The number of ether oxygens (including phenoxy) is 1. The first-order chi connectivity index (χ1) is 13.0. The van der Waals surface area contributed by atoms with Crippen LogP contribution in [0.1, 0.15) is 18.9 Å². The van der Waals surface area contributed by atoms with Crippen LogP contribution in [-0.2, 0) is 6.42 Å². The number of nitrogens with zero attached hydrogens (tertiary/aromatic N) is 1. The Kier molecular flexibility index (Phi) is 4.75. The second-order valence-corrected chi connectivity index (χ2v) is 7.45. The first kappa shape index (κ1) is 17.8. The van der Waals surface area contributed by atoms with Crippen molar-refractivity contribution >= 4 is 28.6 Å². The van der Waals surface area contributed by atoms with Gasteiger partial charge >= 0.3 is 0 Å². The first-order valence-electron chi connectivity index (χ1n) is 9.09. The number of aromatic nitrogens is 1. The van der Waals surface area contributed by atoms with Gasteiger partial charge in [-0.25, -0.2) is 0 Å². The molecule has 3 aromatic rings. The van der Waals surface area contributed by atoms with Crippen molar-refractivity contribution in [3.05, 3.63) is 74.0 Å². The molecule has 1 N–H and O–H groups in total. The van der Waals surface area contributed by atoms with E-state index >= 15 is 0 Å². The summed E-state index contributed by atoms with van der Waals surface area (Å²) in [5, 5.41) is 3.01. The van der Waals surface area contributed by atoms with Gasteiger partial charge in [0.05, 0.1) is 13.2 Å². The second kappa shape index (κ2) is 7.20. The zero-order valence-corrected chi connectivity index (χ0v) is 16.1. The van der Waals surface area contributed by atoms with Crippen molar-refractivity contribution in [2.45, 2.75) is 25.8 Å². The number of benzene rings is 2. The van der Waals surface area contributed by atoms with E-state index in [1.165, 1.54) is 5.56 Å². The molecule has 2 unspecified atom stereocenters. The lowest BCUT2D eigenvalue weighted by Gasteiger charge is -2.21. The number of aryl methyl sites for hydroxylation is 1. The SMILES string of the molecule is COc1ccc(CCC2N=c3c(=O)[nH]c4ccc(Cl)cc4c3=CC2C)cc1. The number of aromatic amines is 1. The van der Waals surface area contributed by atoms with Crippen LogP contribution in [0.3, 0.4) is 0 Å². The van der Waals surface area contributed by atoms with Crippen molar-refractivity contribution in [1.29, 1.82) is 0 Å². The van der Waals surface area contributed by atoms with Gasteiger partial charge in [-0.15, -0.1) is 0 Å². The van der Waals surface area contributed by atoms with Crippen molar-refractivity contribution < 1.29 is 4.74 Å². The Balaban J connectivity index is 1.68. The molecule has 2 aromatic carbocycles. The summed E-state index contributed by atoms with van der Waals surface area (Å²) < 4.78 is 5.21. The third-order valence-electron chi connectivity index (χ3n) is 5.21. The highest BCUT2D eigenvalue weighted by molar-refractivity contribution is 6.31. The lowest BCUT2D eigenvalue weighted by Crippen LogP contribution is -2.46. The summed E-state index contributed by atoms with van der Waals surface area (Å²) in [6, 6.07) is 13.7. The van der Waals surface area contributed by atoms with Crippen LogP contribution in [0.2, 0.25) is 5.02 Å². The molecular weight excluding hydrogens is 360 g/mol.